The van der Waals surface area contributed by atoms with E-state index in [1.165, 1.54) is 5.56 Å². The van der Waals surface area contributed by atoms with Crippen molar-refractivity contribution in [3.05, 3.63) is 53.7 Å². The van der Waals surface area contributed by atoms with Crippen molar-refractivity contribution in [2.45, 2.75) is 44.6 Å². The van der Waals surface area contributed by atoms with Gasteiger partial charge in [0.05, 0.1) is 12.7 Å². The van der Waals surface area contributed by atoms with Crippen LogP contribution in [-0.2, 0) is 16.0 Å². The molecule has 6 nitrogen and oxygen atoms in total. The van der Waals surface area contributed by atoms with Gasteiger partial charge in [-0.25, -0.2) is 4.98 Å². The summed E-state index contributed by atoms with van der Waals surface area (Å²) < 4.78 is 6.01. The smallest absolute Gasteiger partial charge is 0.242 e. The Balaban J connectivity index is 1.46. The fourth-order valence-electron chi connectivity index (χ4n) is 3.97. The predicted octanol–water partition coefficient (Wildman–Crippen LogP) is 2.94. The first-order chi connectivity index (χ1) is 13.2. The minimum Gasteiger partial charge on any atom is -0.443 e. The van der Waals surface area contributed by atoms with Crippen LogP contribution in [0.4, 0.5) is 0 Å². The van der Waals surface area contributed by atoms with E-state index in [2.05, 4.69) is 17.1 Å². The van der Waals surface area contributed by atoms with Gasteiger partial charge in [0.2, 0.25) is 17.7 Å². The molecule has 0 spiro atoms. The van der Waals surface area contributed by atoms with Crippen LogP contribution in [0, 0.1) is 0 Å². The lowest BCUT2D eigenvalue weighted by molar-refractivity contribution is -0.141. The molecule has 2 aliphatic rings. The molecule has 4 rings (SSSR count). The van der Waals surface area contributed by atoms with Crippen LogP contribution < -0.4 is 0 Å². The van der Waals surface area contributed by atoms with Gasteiger partial charge in [0.15, 0.2) is 0 Å². The van der Waals surface area contributed by atoms with Gasteiger partial charge in [0.1, 0.15) is 11.8 Å². The molecular weight excluding hydrogens is 342 g/mol. The second-order valence-corrected chi connectivity index (χ2v) is 7.34. The maximum absolute atomic E-state index is 12.8. The molecule has 142 valence electrons. The second kappa shape index (κ2) is 7.94. The summed E-state index contributed by atoms with van der Waals surface area (Å²) in [6, 6.07) is 10.00. The Hall–Kier alpha value is -2.63. The summed E-state index contributed by atoms with van der Waals surface area (Å²) in [5.41, 5.74) is 1.17. The molecule has 2 aliphatic heterocycles. The van der Waals surface area contributed by atoms with Crippen LogP contribution in [0.25, 0.3) is 0 Å². The van der Waals surface area contributed by atoms with Crippen LogP contribution in [0.1, 0.15) is 55.4 Å². The van der Waals surface area contributed by atoms with Gasteiger partial charge in [0, 0.05) is 25.9 Å². The highest BCUT2D eigenvalue weighted by molar-refractivity contribution is 5.86. The van der Waals surface area contributed by atoms with Crippen molar-refractivity contribution in [1.29, 1.82) is 0 Å². The lowest BCUT2D eigenvalue weighted by Crippen LogP contribution is -2.44. The van der Waals surface area contributed by atoms with E-state index in [9.17, 15) is 9.59 Å². The van der Waals surface area contributed by atoms with Gasteiger partial charge in [-0.2, -0.15) is 0 Å². The van der Waals surface area contributed by atoms with Gasteiger partial charge in [-0.05, 0) is 31.2 Å². The van der Waals surface area contributed by atoms with Gasteiger partial charge in [-0.1, -0.05) is 30.3 Å². The summed E-state index contributed by atoms with van der Waals surface area (Å²) >= 11 is 0. The quantitative estimate of drug-likeness (QED) is 0.815. The SMILES string of the molecule is O=C1CCCN1CC(=O)N1CCCC[C@@H]1c1ncc(Cc2ccccc2)o1. The molecule has 1 aromatic heterocycles. The number of hydrogen-bond acceptors (Lipinski definition) is 4. The molecule has 0 bridgehead atoms. The Kier molecular flexibility index (Phi) is 5.23. The molecule has 2 saturated heterocycles. The Morgan fingerprint density at radius 1 is 1.15 bits per heavy atom. The fraction of sp³-hybridized carbons (Fsp3) is 0.476. The summed E-state index contributed by atoms with van der Waals surface area (Å²) in [6.07, 6.45) is 6.74. The van der Waals surface area contributed by atoms with Gasteiger partial charge in [-0.15, -0.1) is 0 Å². The van der Waals surface area contributed by atoms with E-state index in [0.717, 1.165) is 31.4 Å². The molecule has 1 aromatic carbocycles. The summed E-state index contributed by atoms with van der Waals surface area (Å²) in [5.74, 6) is 1.50. The molecule has 0 N–H and O–H groups in total. The standard InChI is InChI=1S/C21H25N3O3/c25-19-10-6-11-23(19)15-20(26)24-12-5-4-9-18(24)21-22-14-17(27-21)13-16-7-2-1-3-8-16/h1-3,7-8,14,18H,4-6,9-13,15H2/t18-/m1/s1. The molecular formula is C21H25N3O3. The Morgan fingerprint density at radius 2 is 2.00 bits per heavy atom. The average molecular weight is 367 g/mol. The lowest BCUT2D eigenvalue weighted by Gasteiger charge is -2.34. The Morgan fingerprint density at radius 3 is 2.78 bits per heavy atom. The number of benzene rings is 1. The number of likely N-dealkylation sites (tertiary alicyclic amines) is 2. The number of carbonyl (C=O) groups is 2. The maximum atomic E-state index is 12.8. The van der Waals surface area contributed by atoms with E-state index in [-0.39, 0.29) is 24.4 Å². The van der Waals surface area contributed by atoms with Crippen LogP contribution in [0.5, 0.6) is 0 Å². The predicted molar refractivity (Wildman–Crippen MR) is 99.9 cm³/mol. The van der Waals surface area contributed by atoms with Crippen LogP contribution in [0.15, 0.2) is 40.9 Å². The van der Waals surface area contributed by atoms with Crippen LogP contribution in [0.3, 0.4) is 0 Å². The number of oxazole rings is 1. The zero-order chi connectivity index (χ0) is 18.6. The number of hydrogen-bond donors (Lipinski definition) is 0. The van der Waals surface area contributed by atoms with Crippen molar-refractivity contribution in [3.63, 3.8) is 0 Å². The minimum atomic E-state index is -0.131. The van der Waals surface area contributed by atoms with Gasteiger partial charge >= 0.3 is 0 Å². The third kappa shape index (κ3) is 4.04. The molecule has 1 atom stereocenters. The van der Waals surface area contributed by atoms with E-state index in [1.54, 1.807) is 11.1 Å². The molecule has 2 aromatic rings. The first-order valence-corrected chi connectivity index (χ1v) is 9.76. The van der Waals surface area contributed by atoms with E-state index < -0.39 is 0 Å². The zero-order valence-corrected chi connectivity index (χ0v) is 15.5. The van der Waals surface area contributed by atoms with Crippen molar-refractivity contribution in [2.24, 2.45) is 0 Å². The van der Waals surface area contributed by atoms with E-state index >= 15 is 0 Å². The lowest BCUT2D eigenvalue weighted by atomic mass is 10.0. The number of amides is 2. The van der Waals surface area contributed by atoms with Crippen LogP contribution in [0.2, 0.25) is 0 Å². The van der Waals surface area contributed by atoms with Crippen molar-refractivity contribution in [1.82, 2.24) is 14.8 Å². The monoisotopic (exact) mass is 367 g/mol. The highest BCUT2D eigenvalue weighted by Gasteiger charge is 2.33. The first-order valence-electron chi connectivity index (χ1n) is 9.76. The summed E-state index contributed by atoms with van der Waals surface area (Å²) in [4.78, 5) is 32.7. The summed E-state index contributed by atoms with van der Waals surface area (Å²) in [5, 5.41) is 0. The van der Waals surface area contributed by atoms with E-state index in [1.807, 2.05) is 23.1 Å². The zero-order valence-electron chi connectivity index (χ0n) is 15.5. The molecule has 2 fully saturated rings. The van der Waals surface area contributed by atoms with E-state index in [4.69, 9.17) is 4.42 Å². The van der Waals surface area contributed by atoms with Crippen molar-refractivity contribution in [2.75, 3.05) is 19.6 Å². The first kappa shape index (κ1) is 17.8. The largest absolute Gasteiger partial charge is 0.443 e. The Labute approximate surface area is 159 Å². The Bertz CT molecular complexity index is 802. The minimum absolute atomic E-state index is 0.00207. The van der Waals surface area contributed by atoms with Crippen LogP contribution in [-0.4, -0.2) is 46.2 Å². The fourth-order valence-corrected chi connectivity index (χ4v) is 3.97. The number of piperidine rings is 1. The van der Waals surface area contributed by atoms with Gasteiger partial charge in [-0.3, -0.25) is 9.59 Å². The molecule has 6 heteroatoms. The molecule has 3 heterocycles. The third-order valence-corrected chi connectivity index (χ3v) is 5.40. The molecule has 0 aliphatic carbocycles. The van der Waals surface area contributed by atoms with Crippen molar-refractivity contribution in [3.8, 4) is 0 Å². The average Bonchev–Trinajstić information content (AvgIpc) is 3.32. The van der Waals surface area contributed by atoms with Crippen molar-refractivity contribution < 1.29 is 14.0 Å². The van der Waals surface area contributed by atoms with E-state index in [0.29, 0.717) is 31.8 Å². The van der Waals surface area contributed by atoms with Gasteiger partial charge in [0.25, 0.3) is 0 Å². The third-order valence-electron chi connectivity index (χ3n) is 5.40. The van der Waals surface area contributed by atoms with Crippen molar-refractivity contribution >= 4 is 11.8 Å². The molecule has 0 radical (unpaired) electrons. The molecule has 0 unspecified atom stereocenters. The highest BCUT2D eigenvalue weighted by atomic mass is 16.4. The normalized spacial score (nSPS) is 20.3. The molecule has 2 amide bonds. The highest BCUT2D eigenvalue weighted by Crippen LogP contribution is 2.31. The maximum Gasteiger partial charge on any atom is 0.242 e. The van der Waals surface area contributed by atoms with Gasteiger partial charge < -0.3 is 14.2 Å². The summed E-state index contributed by atoms with van der Waals surface area (Å²) in [6.45, 7) is 1.55. The number of rotatable bonds is 5. The number of nitrogens with zero attached hydrogens (tertiary/aromatic N) is 3. The summed E-state index contributed by atoms with van der Waals surface area (Å²) in [7, 11) is 0. The second-order valence-electron chi connectivity index (χ2n) is 7.34. The number of aromatic nitrogens is 1. The molecule has 0 saturated carbocycles. The number of carbonyl (C=O) groups excluding carboxylic acids is 2. The molecule has 27 heavy (non-hydrogen) atoms. The van der Waals surface area contributed by atoms with Crippen LogP contribution >= 0.6 is 0 Å². The topological polar surface area (TPSA) is 66.7 Å².